The Kier molecular flexibility index (Phi) is 49.7. The molecule has 2 nitrogen and oxygen atoms in total. The molecule has 0 rings (SSSR count). The summed E-state index contributed by atoms with van der Waals surface area (Å²) in [5, 5.41) is 0. The van der Waals surface area contributed by atoms with E-state index in [0.29, 0.717) is 0 Å². The molecule has 0 radical (unpaired) electrons. The molecule has 0 aromatic rings. The van der Waals surface area contributed by atoms with Crippen LogP contribution in [0.5, 0.6) is 0 Å². The molecule has 0 heterocycles. The minimum absolute atomic E-state index is 0. The number of hydrogen-bond donors (Lipinski definition) is 1. The van der Waals surface area contributed by atoms with Crippen molar-refractivity contribution in [3.05, 3.63) is 0 Å². The van der Waals surface area contributed by atoms with Gasteiger partial charge in [0.25, 0.3) is 0 Å². The van der Waals surface area contributed by atoms with E-state index in [1.165, 1.54) is 0 Å². The number of rotatable bonds is 5. The second kappa shape index (κ2) is 30.1. The maximum absolute atomic E-state index is 5.14. The van der Waals surface area contributed by atoms with E-state index in [4.69, 9.17) is 11.1 Å². The van der Waals surface area contributed by atoms with Crippen LogP contribution in [0.1, 0.15) is 0 Å². The molecule has 0 amide bonds. The molecule has 0 aliphatic carbocycles. The molecule has 0 aromatic heterocycles. The van der Waals surface area contributed by atoms with Crippen LogP contribution >= 0.6 is 23.5 Å². The van der Waals surface area contributed by atoms with Gasteiger partial charge in [-0.05, 0) is 0 Å². The van der Waals surface area contributed by atoms with Crippen LogP contribution in [-0.4, -0.2) is 61.1 Å². The summed E-state index contributed by atoms with van der Waals surface area (Å²) in [6.45, 7) is 13.8. The Morgan fingerprint density at radius 3 is 1.06 bits per heavy atom. The van der Waals surface area contributed by atoms with E-state index in [9.17, 15) is 0 Å². The molecule has 0 unspecified atom stereocenters. The number of halogens is 2. The van der Waals surface area contributed by atoms with Crippen LogP contribution in [0.2, 0.25) is 39.3 Å². The van der Waals surface area contributed by atoms with Crippen molar-refractivity contribution in [1.29, 1.82) is 0 Å². The fourth-order valence-corrected chi connectivity index (χ4v) is 8.29. The van der Waals surface area contributed by atoms with E-state index in [1.807, 2.05) is 6.55 Å². The van der Waals surface area contributed by atoms with Crippen molar-refractivity contribution in [2.45, 2.75) is 39.3 Å². The number of hydrogen-bond acceptors (Lipinski definition) is 2. The molecule has 0 aromatic carbocycles. The van der Waals surface area contributed by atoms with Gasteiger partial charge in [-0.2, -0.15) is 11.1 Å². The largest absolute Gasteiger partial charge is 0.383 e. The van der Waals surface area contributed by atoms with Crippen molar-refractivity contribution < 1.29 is 0 Å². The first kappa shape index (κ1) is 26.4. The molecule has 0 aliphatic heterocycles. The van der Waals surface area contributed by atoms with Crippen LogP contribution in [-0.2, 0) is 0 Å². The second-order valence-corrected chi connectivity index (χ2v) is 15.7. The molecular formula is C6H32Cl2N2Si6. The zero-order chi connectivity index (χ0) is 12.5. The van der Waals surface area contributed by atoms with Crippen LogP contribution in [0.4, 0.5) is 0 Å². The summed E-state index contributed by atoms with van der Waals surface area (Å²) in [4.78, 5) is 0. The Hall–Kier alpha value is 1.80. The quantitative estimate of drug-likeness (QED) is 0.458. The van der Waals surface area contributed by atoms with Crippen LogP contribution in [0, 0.1) is 0 Å². The summed E-state index contributed by atoms with van der Waals surface area (Å²) in [6, 6.07) is 0. The average Bonchev–Trinajstić information content (AvgIpc) is 2.24. The first-order valence-electron chi connectivity index (χ1n) is 6.17. The molecule has 0 saturated carbocycles. The fraction of sp³-hybridized carbons (Fsp3) is 1.00. The molecule has 0 bridgehead atoms. The third kappa shape index (κ3) is 36.0. The highest BCUT2D eigenvalue weighted by Crippen LogP contribution is 1.74. The van der Waals surface area contributed by atoms with Gasteiger partial charge in [0.2, 0.25) is 0 Å². The van der Waals surface area contributed by atoms with Gasteiger partial charge in [0.15, 0.2) is 0 Å². The highest BCUT2D eigenvalue weighted by atomic mass is 35.6. The van der Waals surface area contributed by atoms with Crippen molar-refractivity contribution in [3.63, 3.8) is 0 Å². The van der Waals surface area contributed by atoms with Gasteiger partial charge in [0, 0.05) is 0 Å². The Balaban J connectivity index is -0.0000000710. The smallest absolute Gasteiger partial charge is 0.122 e. The first-order valence-corrected chi connectivity index (χ1v) is 20.1. The number of nitrogens with zero attached hydrogens (tertiary/aromatic N) is 1. The summed E-state index contributed by atoms with van der Waals surface area (Å²) in [6.07, 6.45) is 0. The topological polar surface area (TPSA) is 15.3 Å². The predicted molar refractivity (Wildman–Crippen MR) is 105 cm³/mol. The van der Waals surface area contributed by atoms with Crippen LogP contribution in [0.3, 0.4) is 0 Å². The highest BCUT2D eigenvalue weighted by molar-refractivity contribution is 6.92. The van der Waals surface area contributed by atoms with E-state index in [1.54, 1.807) is 0 Å². The van der Waals surface area contributed by atoms with Gasteiger partial charge in [-0.15, -0.1) is 12.4 Å². The normalized spacial score (nSPS) is 12.8. The van der Waals surface area contributed by atoms with Crippen molar-refractivity contribution >= 4 is 80.7 Å². The van der Waals surface area contributed by atoms with Crippen molar-refractivity contribution in [2.75, 3.05) is 0 Å². The van der Waals surface area contributed by atoms with E-state index >= 15 is 0 Å². The van der Waals surface area contributed by atoms with Crippen molar-refractivity contribution in [3.8, 4) is 0 Å². The molecule has 1 N–H and O–H groups in total. The van der Waals surface area contributed by atoms with Gasteiger partial charge in [-0.25, -0.2) is 0 Å². The van der Waals surface area contributed by atoms with Crippen LogP contribution < -0.4 is 4.65 Å². The highest BCUT2D eigenvalue weighted by Gasteiger charge is 1.90. The average molecular weight is 372 g/mol. The standard InChI is InChI=1S/C3H15NSi3.C2H11NSi2.CH5ClSi.ClH/c1-5-4(6-2)7-3;1-4-3-5-2;1-3-2;/h5-7H2,1-3H3;3H,4-5H2,1-2H3;3H2,1H3;1H. The lowest BCUT2D eigenvalue weighted by molar-refractivity contribution is 1.10. The van der Waals surface area contributed by atoms with E-state index in [2.05, 4.69) is 41.3 Å². The lowest BCUT2D eigenvalue weighted by Gasteiger charge is -2.13. The zero-order valence-electron chi connectivity index (χ0n) is 12.0. The SMILES string of the molecule is C[SiH2]Cl.C[SiH2]N([SiH2]C)[SiH2]C.C[SiH2]N[SiH2]C.Cl. The van der Waals surface area contributed by atoms with Gasteiger partial charge in [-0.3, -0.25) is 0 Å². The second-order valence-electron chi connectivity index (χ2n) is 2.84. The minimum atomic E-state index is -0.111. The molecular weight excluding hydrogens is 340 g/mol. The molecule has 0 spiro atoms. The Morgan fingerprint density at radius 1 is 0.812 bits per heavy atom. The Morgan fingerprint density at radius 2 is 1.06 bits per heavy atom. The molecule has 16 heavy (non-hydrogen) atoms. The predicted octanol–water partition coefficient (Wildman–Crippen LogP) is -1.70. The van der Waals surface area contributed by atoms with E-state index < -0.39 is 0 Å². The molecule has 0 atom stereocenters. The zero-order valence-corrected chi connectivity index (χ0v) is 22.0. The maximum atomic E-state index is 5.14. The van der Waals surface area contributed by atoms with E-state index in [-0.39, 0.29) is 69.6 Å². The molecule has 0 aliphatic rings. The van der Waals surface area contributed by atoms with Gasteiger partial charge in [0.1, 0.15) is 8.83 Å². The summed E-state index contributed by atoms with van der Waals surface area (Å²) in [5.41, 5.74) is 0. The van der Waals surface area contributed by atoms with Crippen molar-refractivity contribution in [2.24, 2.45) is 0 Å². The lowest BCUT2D eigenvalue weighted by Crippen LogP contribution is -2.30. The first-order chi connectivity index (χ1) is 7.17. The molecule has 0 fully saturated rings. The lowest BCUT2D eigenvalue weighted by atomic mass is 11.9. The molecule has 0 saturated heterocycles. The summed E-state index contributed by atoms with van der Waals surface area (Å²) in [5.74, 6) is 0. The summed E-state index contributed by atoms with van der Waals surface area (Å²) >= 11 is 5.14. The molecule has 10 heteroatoms. The maximum Gasteiger partial charge on any atom is 0.122 e. The third-order valence-corrected chi connectivity index (χ3v) is 16.6. The summed E-state index contributed by atoms with van der Waals surface area (Å²) < 4.78 is 6.18. The number of nitrogens with one attached hydrogen (secondary N) is 1. The van der Waals surface area contributed by atoms with E-state index in [0.717, 1.165) is 0 Å². The molecule has 104 valence electrons. The monoisotopic (exact) mass is 370 g/mol. The fourth-order valence-electron chi connectivity index (χ4n) is 0.921. The van der Waals surface area contributed by atoms with Gasteiger partial charge < -0.3 is 8.54 Å². The van der Waals surface area contributed by atoms with Crippen LogP contribution in [0.15, 0.2) is 0 Å². The Labute approximate surface area is 128 Å². The van der Waals surface area contributed by atoms with Crippen LogP contribution in [0.25, 0.3) is 0 Å². The van der Waals surface area contributed by atoms with Crippen molar-refractivity contribution in [1.82, 2.24) is 8.54 Å². The summed E-state index contributed by atoms with van der Waals surface area (Å²) in [7, 11) is 1.19. The van der Waals surface area contributed by atoms with Gasteiger partial charge in [0.05, 0.1) is 48.4 Å². The van der Waals surface area contributed by atoms with Gasteiger partial charge in [-0.1, -0.05) is 39.3 Å². The Bertz CT molecular complexity index is 83.9. The third-order valence-electron chi connectivity index (χ3n) is 1.84. The van der Waals surface area contributed by atoms with Gasteiger partial charge >= 0.3 is 0 Å². The minimum Gasteiger partial charge on any atom is -0.383 e.